The average Bonchev–Trinajstić information content (AvgIpc) is 3.49. The van der Waals surface area contributed by atoms with Crippen LogP contribution in [0.5, 0.6) is 0 Å². The molecule has 0 bridgehead atoms. The zero-order chi connectivity index (χ0) is 20.4. The summed E-state index contributed by atoms with van der Waals surface area (Å²) in [5.74, 6) is -0.303. The van der Waals surface area contributed by atoms with Crippen molar-refractivity contribution >= 4 is 29.1 Å². The number of nitrogens with zero attached hydrogens (tertiary/aromatic N) is 1. The topological polar surface area (TPSA) is 78.5 Å². The molecule has 4 rings (SSSR count). The van der Waals surface area contributed by atoms with Gasteiger partial charge in [0, 0.05) is 36.8 Å². The molecule has 0 spiro atoms. The Hall–Kier alpha value is -3.15. The molecule has 29 heavy (non-hydrogen) atoms. The van der Waals surface area contributed by atoms with E-state index in [1.54, 1.807) is 29.2 Å². The zero-order valence-electron chi connectivity index (χ0n) is 16.5. The fourth-order valence-electron chi connectivity index (χ4n) is 3.49. The summed E-state index contributed by atoms with van der Waals surface area (Å²) in [6, 6.07) is 15.2. The largest absolute Gasteiger partial charge is 0.338 e. The van der Waals surface area contributed by atoms with Crippen LogP contribution in [-0.4, -0.2) is 29.2 Å². The molecule has 1 unspecified atom stereocenters. The van der Waals surface area contributed by atoms with Gasteiger partial charge in [-0.1, -0.05) is 29.8 Å². The number of hydrogen-bond donors (Lipinski definition) is 2. The van der Waals surface area contributed by atoms with Gasteiger partial charge in [-0.25, -0.2) is 0 Å². The summed E-state index contributed by atoms with van der Waals surface area (Å²) >= 11 is 0. The predicted molar refractivity (Wildman–Crippen MR) is 111 cm³/mol. The van der Waals surface area contributed by atoms with Gasteiger partial charge in [0.1, 0.15) is 0 Å². The Morgan fingerprint density at radius 2 is 1.45 bits per heavy atom. The number of rotatable bonds is 6. The molecule has 0 aromatic heterocycles. The molecule has 0 radical (unpaired) electrons. The van der Waals surface area contributed by atoms with Crippen LogP contribution in [0.2, 0.25) is 0 Å². The van der Waals surface area contributed by atoms with Crippen molar-refractivity contribution in [2.75, 3.05) is 17.2 Å². The smallest absolute Gasteiger partial charge is 0.229 e. The van der Waals surface area contributed by atoms with Crippen molar-refractivity contribution in [3.05, 3.63) is 59.7 Å². The Balaban J connectivity index is 1.30. The number of amides is 3. The Kier molecular flexibility index (Phi) is 5.34. The number of anilines is 2. The molecule has 6 heteroatoms. The molecule has 2 aliphatic rings. The molecule has 1 heterocycles. The summed E-state index contributed by atoms with van der Waals surface area (Å²) in [7, 11) is 0. The highest BCUT2D eigenvalue weighted by molar-refractivity contribution is 5.98. The molecule has 1 saturated heterocycles. The highest BCUT2D eigenvalue weighted by atomic mass is 16.2. The minimum absolute atomic E-state index is 0.00358. The van der Waals surface area contributed by atoms with Crippen LogP contribution in [0.3, 0.4) is 0 Å². The lowest BCUT2D eigenvalue weighted by molar-refractivity contribution is -0.128. The number of nitrogens with one attached hydrogen (secondary N) is 2. The molecule has 1 atom stereocenters. The van der Waals surface area contributed by atoms with E-state index in [2.05, 4.69) is 10.6 Å². The first-order valence-electron chi connectivity index (χ1n) is 10.0. The van der Waals surface area contributed by atoms with Gasteiger partial charge in [0.2, 0.25) is 17.7 Å². The summed E-state index contributed by atoms with van der Waals surface area (Å²) in [6.07, 6.45) is 2.15. The van der Waals surface area contributed by atoms with Crippen LogP contribution >= 0.6 is 0 Å². The van der Waals surface area contributed by atoms with Crippen LogP contribution in [-0.2, 0) is 20.9 Å². The molecule has 150 valence electrons. The Bertz CT molecular complexity index is 917. The molecule has 2 aromatic carbocycles. The highest BCUT2D eigenvalue weighted by Gasteiger charge is 2.34. The quantitative estimate of drug-likeness (QED) is 0.793. The normalized spacial score (nSPS) is 18.6. The van der Waals surface area contributed by atoms with Crippen molar-refractivity contribution in [2.24, 2.45) is 11.8 Å². The molecule has 6 nitrogen and oxygen atoms in total. The van der Waals surface area contributed by atoms with Crippen LogP contribution in [0.4, 0.5) is 11.4 Å². The average molecular weight is 391 g/mol. The standard InChI is InChI=1S/C23H25N3O3/c1-15-2-4-16(5-3-15)13-26-14-18(12-21(26)27)23(29)25-20-10-8-19(9-11-20)24-22(28)17-6-7-17/h2-5,8-11,17-18H,6-7,12-14H2,1H3,(H,24,28)(H,25,29). The monoisotopic (exact) mass is 391 g/mol. The molecular formula is C23H25N3O3. The first kappa shape index (κ1) is 19.2. The van der Waals surface area contributed by atoms with E-state index in [0.29, 0.717) is 18.8 Å². The van der Waals surface area contributed by atoms with Crippen LogP contribution in [0.15, 0.2) is 48.5 Å². The Labute approximate surface area is 170 Å². The van der Waals surface area contributed by atoms with Gasteiger partial charge in [-0.3, -0.25) is 14.4 Å². The minimum atomic E-state index is -0.359. The van der Waals surface area contributed by atoms with Crippen molar-refractivity contribution in [2.45, 2.75) is 32.7 Å². The number of carbonyl (C=O) groups is 3. The molecular weight excluding hydrogens is 366 g/mol. The Morgan fingerprint density at radius 3 is 2.00 bits per heavy atom. The lowest BCUT2D eigenvalue weighted by Gasteiger charge is -2.17. The first-order chi connectivity index (χ1) is 14.0. The molecule has 3 amide bonds. The van der Waals surface area contributed by atoms with Gasteiger partial charge >= 0.3 is 0 Å². The van der Waals surface area contributed by atoms with E-state index in [1.165, 1.54) is 5.56 Å². The second-order valence-corrected chi connectivity index (χ2v) is 7.99. The Morgan fingerprint density at radius 1 is 0.897 bits per heavy atom. The maximum atomic E-state index is 12.6. The predicted octanol–water partition coefficient (Wildman–Crippen LogP) is 3.33. The van der Waals surface area contributed by atoms with Gasteiger partial charge < -0.3 is 15.5 Å². The van der Waals surface area contributed by atoms with Gasteiger partial charge in [0.05, 0.1) is 5.92 Å². The molecule has 2 aromatic rings. The summed E-state index contributed by atoms with van der Waals surface area (Å²) in [6.45, 7) is 2.98. The van der Waals surface area contributed by atoms with E-state index < -0.39 is 0 Å². The number of hydrogen-bond acceptors (Lipinski definition) is 3. The van der Waals surface area contributed by atoms with E-state index in [0.717, 1.165) is 24.1 Å². The third kappa shape index (κ3) is 4.83. The van der Waals surface area contributed by atoms with Gasteiger partial charge in [0.15, 0.2) is 0 Å². The molecule has 2 N–H and O–H groups in total. The lowest BCUT2D eigenvalue weighted by atomic mass is 10.1. The van der Waals surface area contributed by atoms with E-state index in [9.17, 15) is 14.4 Å². The van der Waals surface area contributed by atoms with Crippen molar-refractivity contribution in [3.63, 3.8) is 0 Å². The van der Waals surface area contributed by atoms with Gasteiger partial charge in [-0.15, -0.1) is 0 Å². The lowest BCUT2D eigenvalue weighted by Crippen LogP contribution is -2.28. The minimum Gasteiger partial charge on any atom is -0.338 e. The second kappa shape index (κ2) is 8.07. The number of carbonyl (C=O) groups excluding carboxylic acids is 3. The molecule has 1 saturated carbocycles. The third-order valence-electron chi connectivity index (χ3n) is 5.45. The summed E-state index contributed by atoms with van der Waals surface area (Å²) in [5.41, 5.74) is 3.62. The summed E-state index contributed by atoms with van der Waals surface area (Å²) < 4.78 is 0. The number of aryl methyl sites for hydroxylation is 1. The zero-order valence-corrected chi connectivity index (χ0v) is 16.5. The fraction of sp³-hybridized carbons (Fsp3) is 0.348. The van der Waals surface area contributed by atoms with Crippen molar-refractivity contribution < 1.29 is 14.4 Å². The molecule has 2 fully saturated rings. The van der Waals surface area contributed by atoms with E-state index >= 15 is 0 Å². The van der Waals surface area contributed by atoms with Gasteiger partial charge in [-0.2, -0.15) is 0 Å². The third-order valence-corrected chi connectivity index (χ3v) is 5.45. The SMILES string of the molecule is Cc1ccc(CN2CC(C(=O)Nc3ccc(NC(=O)C4CC4)cc3)CC2=O)cc1. The summed E-state index contributed by atoms with van der Waals surface area (Å²) in [4.78, 5) is 38.5. The number of benzene rings is 2. The maximum Gasteiger partial charge on any atom is 0.229 e. The van der Waals surface area contributed by atoms with Crippen LogP contribution in [0.25, 0.3) is 0 Å². The fourth-order valence-corrected chi connectivity index (χ4v) is 3.49. The van der Waals surface area contributed by atoms with Gasteiger partial charge in [-0.05, 0) is 49.6 Å². The van der Waals surface area contributed by atoms with E-state index in [-0.39, 0.29) is 36.0 Å². The number of likely N-dealkylation sites (tertiary alicyclic amines) is 1. The van der Waals surface area contributed by atoms with Crippen LogP contribution in [0.1, 0.15) is 30.4 Å². The summed E-state index contributed by atoms with van der Waals surface area (Å²) in [5, 5.41) is 5.76. The van der Waals surface area contributed by atoms with Crippen molar-refractivity contribution in [1.82, 2.24) is 4.90 Å². The highest BCUT2D eigenvalue weighted by Crippen LogP contribution is 2.30. The maximum absolute atomic E-state index is 12.6. The second-order valence-electron chi connectivity index (χ2n) is 7.99. The van der Waals surface area contributed by atoms with Crippen molar-refractivity contribution in [1.29, 1.82) is 0 Å². The van der Waals surface area contributed by atoms with Gasteiger partial charge in [0.25, 0.3) is 0 Å². The van der Waals surface area contributed by atoms with Crippen LogP contribution < -0.4 is 10.6 Å². The molecule has 1 aliphatic heterocycles. The van der Waals surface area contributed by atoms with Crippen LogP contribution in [0, 0.1) is 18.8 Å². The van der Waals surface area contributed by atoms with E-state index in [1.807, 2.05) is 31.2 Å². The molecule has 1 aliphatic carbocycles. The van der Waals surface area contributed by atoms with Crippen molar-refractivity contribution in [3.8, 4) is 0 Å². The van der Waals surface area contributed by atoms with E-state index in [4.69, 9.17) is 0 Å². The first-order valence-corrected chi connectivity index (χ1v) is 10.0.